The highest BCUT2D eigenvalue weighted by atomic mass is 35.5. The molecule has 3 atom stereocenters. The third-order valence-corrected chi connectivity index (χ3v) is 5.49. The number of hydrogen-bond acceptors (Lipinski definition) is 4. The molecule has 26 heavy (non-hydrogen) atoms. The molecule has 4 rings (SSSR count). The molecule has 0 spiro atoms. The van der Waals surface area contributed by atoms with Gasteiger partial charge in [-0.05, 0) is 60.6 Å². The molecule has 6 heteroatoms. The van der Waals surface area contributed by atoms with Crippen LogP contribution < -0.4 is 5.32 Å². The van der Waals surface area contributed by atoms with Crippen molar-refractivity contribution in [2.24, 2.45) is 0 Å². The van der Waals surface area contributed by atoms with Crippen molar-refractivity contribution in [3.63, 3.8) is 0 Å². The minimum Gasteiger partial charge on any atom is -0.307 e. The Morgan fingerprint density at radius 1 is 1.15 bits per heavy atom. The Morgan fingerprint density at radius 2 is 2.00 bits per heavy atom. The highest BCUT2D eigenvalue weighted by Crippen LogP contribution is 2.36. The van der Waals surface area contributed by atoms with E-state index in [0.29, 0.717) is 23.8 Å². The van der Waals surface area contributed by atoms with Crippen molar-refractivity contribution in [3.05, 3.63) is 64.7 Å². The molecule has 1 fully saturated rings. The van der Waals surface area contributed by atoms with E-state index in [-0.39, 0.29) is 0 Å². The van der Waals surface area contributed by atoms with Gasteiger partial charge >= 0.3 is 0 Å². The Kier molecular flexibility index (Phi) is 5.00. The number of H-pyrrole nitrogens is 1. The van der Waals surface area contributed by atoms with E-state index < -0.39 is 0 Å². The third-order valence-electron chi connectivity index (χ3n) is 5.25. The van der Waals surface area contributed by atoms with Crippen molar-refractivity contribution in [1.82, 2.24) is 25.9 Å². The highest BCUT2D eigenvalue weighted by molar-refractivity contribution is 6.30. The van der Waals surface area contributed by atoms with Crippen LogP contribution in [0.1, 0.15) is 49.3 Å². The lowest BCUT2D eigenvalue weighted by atomic mass is 9.96. The summed E-state index contributed by atoms with van der Waals surface area (Å²) in [5, 5.41) is 18.7. The van der Waals surface area contributed by atoms with Crippen LogP contribution in [-0.2, 0) is 0 Å². The third kappa shape index (κ3) is 3.79. The average molecular weight is 368 g/mol. The van der Waals surface area contributed by atoms with Gasteiger partial charge in [0.1, 0.15) is 0 Å². The van der Waals surface area contributed by atoms with Crippen molar-refractivity contribution < 1.29 is 0 Å². The summed E-state index contributed by atoms with van der Waals surface area (Å²) in [7, 11) is 0. The standard InChI is InChI=1S/C20H22ClN5/c1-13(16-3-2-4-18(21)11-16)22-19-10-9-17(12-19)14-5-7-15(8-6-14)20-23-25-26-24-20/h2-8,11,13,17,19,22H,9-10,12H2,1H3,(H,23,24,25,26)/t13-,17+,19?/m1/s1. The number of rotatable bonds is 5. The SMILES string of the molecule is C[C@@H](NC1CC[C@H](c2ccc(-c3nn[nH]n3)cc2)C1)c1cccc(Cl)c1. The smallest absolute Gasteiger partial charge is 0.204 e. The summed E-state index contributed by atoms with van der Waals surface area (Å²) >= 11 is 6.12. The van der Waals surface area contributed by atoms with E-state index in [1.165, 1.54) is 24.0 Å². The fraction of sp³-hybridized carbons (Fsp3) is 0.350. The number of nitrogens with one attached hydrogen (secondary N) is 2. The van der Waals surface area contributed by atoms with Gasteiger partial charge in [-0.1, -0.05) is 48.0 Å². The normalized spacial score (nSPS) is 21.0. The lowest BCUT2D eigenvalue weighted by Crippen LogP contribution is -2.29. The number of tetrazole rings is 1. The van der Waals surface area contributed by atoms with Gasteiger partial charge in [0.25, 0.3) is 0 Å². The lowest BCUT2D eigenvalue weighted by Gasteiger charge is -2.20. The maximum atomic E-state index is 6.12. The molecular weight excluding hydrogens is 346 g/mol. The van der Waals surface area contributed by atoms with E-state index in [1.807, 2.05) is 18.2 Å². The van der Waals surface area contributed by atoms with Gasteiger partial charge in [-0.25, -0.2) is 0 Å². The van der Waals surface area contributed by atoms with Crippen LogP contribution in [0.5, 0.6) is 0 Å². The zero-order chi connectivity index (χ0) is 17.9. The lowest BCUT2D eigenvalue weighted by molar-refractivity contribution is 0.457. The predicted octanol–water partition coefficient (Wildman–Crippen LogP) is 4.51. The van der Waals surface area contributed by atoms with Gasteiger partial charge in [-0.2, -0.15) is 5.21 Å². The fourth-order valence-electron chi connectivity index (χ4n) is 3.85. The highest BCUT2D eigenvalue weighted by Gasteiger charge is 2.27. The average Bonchev–Trinajstić information content (AvgIpc) is 3.34. The summed E-state index contributed by atoms with van der Waals surface area (Å²) in [6.45, 7) is 2.21. The number of benzene rings is 2. The van der Waals surface area contributed by atoms with Crippen LogP contribution in [0.15, 0.2) is 48.5 Å². The second-order valence-electron chi connectivity index (χ2n) is 7.01. The molecule has 0 aliphatic heterocycles. The molecule has 2 aromatic carbocycles. The van der Waals surface area contributed by atoms with Crippen molar-refractivity contribution in [1.29, 1.82) is 0 Å². The second-order valence-corrected chi connectivity index (χ2v) is 7.44. The molecule has 0 radical (unpaired) electrons. The van der Waals surface area contributed by atoms with Gasteiger partial charge in [0.2, 0.25) is 5.82 Å². The van der Waals surface area contributed by atoms with E-state index >= 15 is 0 Å². The van der Waals surface area contributed by atoms with Crippen LogP contribution in [-0.4, -0.2) is 26.7 Å². The first-order valence-electron chi connectivity index (χ1n) is 9.04. The van der Waals surface area contributed by atoms with E-state index in [9.17, 15) is 0 Å². The zero-order valence-electron chi connectivity index (χ0n) is 14.7. The molecule has 0 bridgehead atoms. The number of halogens is 1. The monoisotopic (exact) mass is 367 g/mol. The molecule has 2 N–H and O–H groups in total. The number of hydrogen-bond donors (Lipinski definition) is 2. The second kappa shape index (κ2) is 7.56. The molecular formula is C20H22ClN5. The molecule has 1 aliphatic carbocycles. The summed E-state index contributed by atoms with van der Waals surface area (Å²) < 4.78 is 0. The van der Waals surface area contributed by atoms with Crippen LogP contribution in [0, 0.1) is 0 Å². The fourth-order valence-corrected chi connectivity index (χ4v) is 4.05. The van der Waals surface area contributed by atoms with Crippen molar-refractivity contribution in [3.8, 4) is 11.4 Å². The van der Waals surface area contributed by atoms with E-state index in [2.05, 4.69) is 63.2 Å². The molecule has 134 valence electrons. The largest absolute Gasteiger partial charge is 0.307 e. The van der Waals surface area contributed by atoms with Crippen molar-refractivity contribution in [2.45, 2.75) is 44.2 Å². The summed E-state index contributed by atoms with van der Waals surface area (Å²) in [5.74, 6) is 1.23. The summed E-state index contributed by atoms with van der Waals surface area (Å²) in [4.78, 5) is 0. The Morgan fingerprint density at radius 3 is 2.73 bits per heavy atom. The van der Waals surface area contributed by atoms with Crippen molar-refractivity contribution >= 4 is 11.6 Å². The van der Waals surface area contributed by atoms with Gasteiger partial charge in [0.05, 0.1) is 0 Å². The quantitative estimate of drug-likeness (QED) is 0.696. The maximum absolute atomic E-state index is 6.12. The zero-order valence-corrected chi connectivity index (χ0v) is 15.4. The van der Waals surface area contributed by atoms with Crippen LogP contribution in [0.25, 0.3) is 11.4 Å². The van der Waals surface area contributed by atoms with Crippen LogP contribution in [0.2, 0.25) is 5.02 Å². The molecule has 1 saturated carbocycles. The Labute approximate surface area is 158 Å². The van der Waals surface area contributed by atoms with Gasteiger partial charge in [0.15, 0.2) is 0 Å². The summed E-state index contributed by atoms with van der Waals surface area (Å²) in [5.41, 5.74) is 3.62. The summed E-state index contributed by atoms with van der Waals surface area (Å²) in [6, 6.07) is 17.5. The minimum absolute atomic E-state index is 0.304. The Balaban J connectivity index is 1.37. The molecule has 0 amide bonds. The maximum Gasteiger partial charge on any atom is 0.204 e. The van der Waals surface area contributed by atoms with Crippen LogP contribution >= 0.6 is 11.6 Å². The van der Waals surface area contributed by atoms with Gasteiger partial charge in [-0.3, -0.25) is 0 Å². The van der Waals surface area contributed by atoms with Gasteiger partial charge < -0.3 is 5.32 Å². The number of aromatic amines is 1. The van der Waals surface area contributed by atoms with Gasteiger partial charge in [0, 0.05) is 22.7 Å². The predicted molar refractivity (Wildman–Crippen MR) is 103 cm³/mol. The molecule has 3 aromatic rings. The molecule has 0 saturated heterocycles. The molecule has 1 aromatic heterocycles. The minimum atomic E-state index is 0.304. The first-order chi connectivity index (χ1) is 12.7. The van der Waals surface area contributed by atoms with Crippen LogP contribution in [0.3, 0.4) is 0 Å². The topological polar surface area (TPSA) is 66.5 Å². The van der Waals surface area contributed by atoms with E-state index in [1.54, 1.807) is 0 Å². The first kappa shape index (κ1) is 17.2. The number of nitrogens with zero attached hydrogens (tertiary/aromatic N) is 3. The van der Waals surface area contributed by atoms with Gasteiger partial charge in [-0.15, -0.1) is 10.2 Å². The molecule has 1 unspecified atom stereocenters. The van der Waals surface area contributed by atoms with Crippen molar-refractivity contribution in [2.75, 3.05) is 0 Å². The van der Waals surface area contributed by atoms with E-state index in [4.69, 9.17) is 11.6 Å². The Bertz CT molecular complexity index is 847. The van der Waals surface area contributed by atoms with E-state index in [0.717, 1.165) is 17.0 Å². The Hall–Kier alpha value is -2.24. The molecule has 1 aliphatic rings. The molecule has 5 nitrogen and oxygen atoms in total. The van der Waals surface area contributed by atoms with Crippen LogP contribution in [0.4, 0.5) is 0 Å². The first-order valence-corrected chi connectivity index (χ1v) is 9.42. The molecule has 1 heterocycles. The number of aromatic nitrogens is 4. The summed E-state index contributed by atoms with van der Waals surface area (Å²) in [6.07, 6.45) is 3.57.